The van der Waals surface area contributed by atoms with Gasteiger partial charge in [0.25, 0.3) is 0 Å². The lowest BCUT2D eigenvalue weighted by Gasteiger charge is -2.01. The van der Waals surface area contributed by atoms with Gasteiger partial charge in [0.2, 0.25) is 0 Å². The molecule has 9 heavy (non-hydrogen) atoms. The lowest BCUT2D eigenvalue weighted by Crippen LogP contribution is -2.14. The fraction of sp³-hybridized carbons (Fsp3) is 0.800. The standard InChI is InChI=1S/C5H8INO2/c6-2-1-4-3-7-5(8)9-4/h4H,1-3H2,(H,7,8). The molecule has 4 heteroatoms. The normalized spacial score (nSPS) is 25.4. The number of hydrogen-bond acceptors (Lipinski definition) is 2. The van der Waals surface area contributed by atoms with Crippen LogP contribution in [-0.2, 0) is 4.74 Å². The number of alkyl carbamates (subject to hydrolysis) is 1. The van der Waals surface area contributed by atoms with Gasteiger partial charge >= 0.3 is 6.09 Å². The first-order valence-corrected chi connectivity index (χ1v) is 4.36. The molecule has 0 aromatic carbocycles. The summed E-state index contributed by atoms with van der Waals surface area (Å²) in [6.07, 6.45) is 0.804. The molecular formula is C5H8INO2. The smallest absolute Gasteiger partial charge is 0.407 e. The fourth-order valence-corrected chi connectivity index (χ4v) is 1.41. The summed E-state index contributed by atoms with van der Waals surface area (Å²) in [5.74, 6) is 0. The minimum absolute atomic E-state index is 0.120. The molecule has 52 valence electrons. The Hall–Kier alpha value is -0.0000000000000000555. The van der Waals surface area contributed by atoms with Gasteiger partial charge in [0.1, 0.15) is 6.10 Å². The monoisotopic (exact) mass is 241 g/mol. The Morgan fingerprint density at radius 3 is 3.11 bits per heavy atom. The predicted octanol–water partition coefficient (Wildman–Crippen LogP) is 0.920. The van der Waals surface area contributed by atoms with Crippen LogP contribution in [0, 0.1) is 0 Å². The molecule has 1 fully saturated rings. The van der Waals surface area contributed by atoms with Crippen LogP contribution in [0.15, 0.2) is 0 Å². The number of alkyl halides is 1. The molecule has 1 atom stereocenters. The molecule has 1 N–H and O–H groups in total. The van der Waals surface area contributed by atoms with E-state index in [1.54, 1.807) is 0 Å². The average molecular weight is 241 g/mol. The van der Waals surface area contributed by atoms with Crippen LogP contribution in [0.2, 0.25) is 0 Å². The molecule has 1 saturated heterocycles. The van der Waals surface area contributed by atoms with Gasteiger partial charge in [0, 0.05) is 4.43 Å². The molecule has 3 nitrogen and oxygen atoms in total. The first kappa shape index (κ1) is 7.11. The molecule has 0 spiro atoms. The lowest BCUT2D eigenvalue weighted by molar-refractivity contribution is 0.139. The van der Waals surface area contributed by atoms with Crippen molar-refractivity contribution in [3.8, 4) is 0 Å². The molecule has 0 aromatic rings. The van der Waals surface area contributed by atoms with Gasteiger partial charge in [-0.15, -0.1) is 0 Å². The predicted molar refractivity (Wildman–Crippen MR) is 41.8 cm³/mol. The van der Waals surface area contributed by atoms with Crippen molar-refractivity contribution < 1.29 is 9.53 Å². The molecule has 0 aliphatic carbocycles. The van der Waals surface area contributed by atoms with Crippen molar-refractivity contribution in [2.45, 2.75) is 12.5 Å². The largest absolute Gasteiger partial charge is 0.444 e. The average Bonchev–Trinajstić information content (AvgIpc) is 2.17. The third kappa shape index (κ3) is 2.00. The lowest BCUT2D eigenvalue weighted by atomic mass is 10.3. The topological polar surface area (TPSA) is 38.3 Å². The van der Waals surface area contributed by atoms with E-state index in [2.05, 4.69) is 27.9 Å². The molecule has 0 radical (unpaired) electrons. The molecule has 0 saturated carbocycles. The first-order chi connectivity index (χ1) is 4.33. The highest BCUT2D eigenvalue weighted by Gasteiger charge is 2.20. The molecule has 1 heterocycles. The number of hydrogen-bond donors (Lipinski definition) is 1. The molecule has 1 unspecified atom stereocenters. The number of cyclic esters (lactones) is 1. The van der Waals surface area contributed by atoms with Crippen LogP contribution in [0.25, 0.3) is 0 Å². The number of halogens is 1. The molecule has 1 aliphatic heterocycles. The molecule has 1 aliphatic rings. The van der Waals surface area contributed by atoms with Gasteiger partial charge in [0.05, 0.1) is 6.54 Å². The Morgan fingerprint density at radius 1 is 1.89 bits per heavy atom. The Bertz CT molecular complexity index is 118. The molecule has 1 amide bonds. The summed E-state index contributed by atoms with van der Waals surface area (Å²) in [6, 6.07) is 0. The van der Waals surface area contributed by atoms with E-state index >= 15 is 0 Å². The first-order valence-electron chi connectivity index (χ1n) is 2.83. The highest BCUT2D eigenvalue weighted by atomic mass is 127. The summed E-state index contributed by atoms with van der Waals surface area (Å²) >= 11 is 2.27. The van der Waals surface area contributed by atoms with Gasteiger partial charge in [-0.1, -0.05) is 22.6 Å². The van der Waals surface area contributed by atoms with Gasteiger partial charge < -0.3 is 10.1 Å². The van der Waals surface area contributed by atoms with Crippen LogP contribution in [0.1, 0.15) is 6.42 Å². The van der Waals surface area contributed by atoms with Crippen molar-refractivity contribution in [2.75, 3.05) is 11.0 Å². The van der Waals surface area contributed by atoms with E-state index in [1.807, 2.05) is 0 Å². The maximum absolute atomic E-state index is 10.4. The summed E-state index contributed by atoms with van der Waals surface area (Å²) in [5.41, 5.74) is 0. The van der Waals surface area contributed by atoms with Crippen molar-refractivity contribution in [1.29, 1.82) is 0 Å². The highest BCUT2D eigenvalue weighted by molar-refractivity contribution is 14.1. The van der Waals surface area contributed by atoms with Gasteiger partial charge in [-0.2, -0.15) is 0 Å². The van der Waals surface area contributed by atoms with Crippen LogP contribution in [-0.4, -0.2) is 23.2 Å². The Kier molecular flexibility index (Phi) is 2.56. The zero-order valence-corrected chi connectivity index (χ0v) is 7.05. The van der Waals surface area contributed by atoms with Gasteiger partial charge in [0.15, 0.2) is 0 Å². The quantitative estimate of drug-likeness (QED) is 0.576. The van der Waals surface area contributed by atoms with Crippen LogP contribution in [0.3, 0.4) is 0 Å². The van der Waals surface area contributed by atoms with E-state index < -0.39 is 0 Å². The Labute approximate surface area is 67.3 Å². The number of nitrogens with one attached hydrogen (secondary N) is 1. The highest BCUT2D eigenvalue weighted by Crippen LogP contribution is 2.05. The summed E-state index contributed by atoms with van der Waals surface area (Å²) in [6.45, 7) is 0.682. The fourth-order valence-electron chi connectivity index (χ4n) is 0.715. The molecule has 1 rings (SSSR count). The molecular weight excluding hydrogens is 233 g/mol. The number of amides is 1. The van der Waals surface area contributed by atoms with E-state index in [-0.39, 0.29) is 12.2 Å². The zero-order valence-electron chi connectivity index (χ0n) is 4.89. The van der Waals surface area contributed by atoms with Crippen molar-refractivity contribution in [3.63, 3.8) is 0 Å². The third-order valence-corrected chi connectivity index (χ3v) is 1.80. The van der Waals surface area contributed by atoms with Crippen molar-refractivity contribution in [1.82, 2.24) is 5.32 Å². The van der Waals surface area contributed by atoms with E-state index in [0.717, 1.165) is 10.8 Å². The van der Waals surface area contributed by atoms with Crippen LogP contribution >= 0.6 is 22.6 Å². The second-order valence-corrected chi connectivity index (χ2v) is 2.96. The number of carbonyl (C=O) groups excluding carboxylic acids is 1. The summed E-state index contributed by atoms with van der Waals surface area (Å²) in [4.78, 5) is 10.4. The maximum Gasteiger partial charge on any atom is 0.407 e. The minimum Gasteiger partial charge on any atom is -0.444 e. The van der Waals surface area contributed by atoms with Gasteiger partial charge in [-0.25, -0.2) is 4.79 Å². The van der Waals surface area contributed by atoms with E-state index in [0.29, 0.717) is 6.54 Å². The minimum atomic E-state index is -0.273. The SMILES string of the molecule is O=C1NCC(CCI)O1. The second-order valence-electron chi connectivity index (χ2n) is 1.89. The van der Waals surface area contributed by atoms with Gasteiger partial charge in [-0.3, -0.25) is 0 Å². The zero-order chi connectivity index (χ0) is 6.69. The van der Waals surface area contributed by atoms with E-state index in [4.69, 9.17) is 4.74 Å². The van der Waals surface area contributed by atoms with Crippen LogP contribution < -0.4 is 5.32 Å². The Balaban J connectivity index is 2.22. The third-order valence-electron chi connectivity index (χ3n) is 1.18. The summed E-state index contributed by atoms with van der Waals surface area (Å²) in [5, 5.41) is 2.59. The summed E-state index contributed by atoms with van der Waals surface area (Å²) in [7, 11) is 0. The number of rotatable bonds is 2. The van der Waals surface area contributed by atoms with E-state index in [1.165, 1.54) is 0 Å². The molecule has 0 bridgehead atoms. The maximum atomic E-state index is 10.4. The van der Waals surface area contributed by atoms with Crippen molar-refractivity contribution in [2.24, 2.45) is 0 Å². The van der Waals surface area contributed by atoms with Crippen molar-refractivity contribution in [3.05, 3.63) is 0 Å². The summed E-state index contributed by atoms with van der Waals surface area (Å²) < 4.78 is 5.89. The van der Waals surface area contributed by atoms with E-state index in [9.17, 15) is 4.79 Å². The van der Waals surface area contributed by atoms with Crippen LogP contribution in [0.5, 0.6) is 0 Å². The molecule has 0 aromatic heterocycles. The van der Waals surface area contributed by atoms with Gasteiger partial charge in [-0.05, 0) is 6.42 Å². The second kappa shape index (κ2) is 3.24. The number of ether oxygens (including phenoxy) is 1. The van der Waals surface area contributed by atoms with Crippen LogP contribution in [0.4, 0.5) is 4.79 Å². The Morgan fingerprint density at radius 2 is 2.67 bits per heavy atom. The van der Waals surface area contributed by atoms with Crippen molar-refractivity contribution >= 4 is 28.7 Å². The number of carbonyl (C=O) groups is 1.